The van der Waals surface area contributed by atoms with Gasteiger partial charge in [-0.3, -0.25) is 0 Å². The van der Waals surface area contributed by atoms with Crippen LogP contribution < -0.4 is 0 Å². The fourth-order valence-electron chi connectivity index (χ4n) is 2.72. The zero-order valence-electron chi connectivity index (χ0n) is 6.32. The lowest BCUT2D eigenvalue weighted by Crippen LogP contribution is -2.34. The molecule has 1 N–H and O–H groups in total. The summed E-state index contributed by atoms with van der Waals surface area (Å²) in [5.74, 6) is 0.265. The number of hydrogen-bond donors (Lipinski definition) is 1. The molecule has 4 atom stereocenters. The zero-order valence-corrected chi connectivity index (χ0v) is 6.32. The Morgan fingerprint density at radius 1 is 1.45 bits per heavy atom. The van der Waals surface area contributed by atoms with Crippen LogP contribution in [0, 0.1) is 5.92 Å². The third kappa shape index (κ3) is 0.643. The lowest BCUT2D eigenvalue weighted by Gasteiger charge is -2.23. The lowest BCUT2D eigenvalue weighted by atomic mass is 9.80. The number of rotatable bonds is 0. The smallest absolute Gasteiger partial charge is 0.160 e. The third-order valence-corrected chi connectivity index (χ3v) is 3.33. The minimum absolute atomic E-state index is 0.0793. The summed E-state index contributed by atoms with van der Waals surface area (Å²) in [5.41, 5.74) is -0.0793. The first-order valence-electron chi connectivity index (χ1n) is 4.28. The molecular weight excluding hydrogens is 144 g/mol. The van der Waals surface area contributed by atoms with Crippen molar-refractivity contribution in [1.29, 1.82) is 0 Å². The van der Waals surface area contributed by atoms with E-state index in [1.807, 2.05) is 0 Å². The second kappa shape index (κ2) is 1.79. The van der Waals surface area contributed by atoms with Crippen molar-refractivity contribution in [2.24, 2.45) is 5.92 Å². The predicted molar refractivity (Wildman–Crippen MR) is 36.9 cm³/mol. The van der Waals surface area contributed by atoms with Gasteiger partial charge in [-0.25, -0.2) is 0 Å². The Bertz CT molecular complexity index is 194. The molecular formula is C8H12O3. The normalized spacial score (nSPS) is 60.3. The van der Waals surface area contributed by atoms with E-state index in [0.717, 1.165) is 19.3 Å². The Morgan fingerprint density at radius 3 is 3.09 bits per heavy atom. The summed E-state index contributed by atoms with van der Waals surface area (Å²) >= 11 is 0. The fraction of sp³-hybridized carbons (Fsp3) is 1.00. The highest BCUT2D eigenvalue weighted by molar-refractivity contribution is 5.06. The SMILES string of the molecule is O[C@H]1OCC23CCC(CC12)O3. The number of fused-ring (bicyclic) bond motifs is 1. The highest BCUT2D eigenvalue weighted by Crippen LogP contribution is 2.52. The molecule has 0 aromatic rings. The van der Waals surface area contributed by atoms with E-state index >= 15 is 0 Å². The largest absolute Gasteiger partial charge is 0.369 e. The Kier molecular flexibility index (Phi) is 1.04. The molecule has 0 aromatic heterocycles. The summed E-state index contributed by atoms with van der Waals surface area (Å²) < 4.78 is 10.9. The molecule has 0 aliphatic carbocycles. The van der Waals surface area contributed by atoms with Crippen LogP contribution in [0.15, 0.2) is 0 Å². The van der Waals surface area contributed by atoms with Crippen molar-refractivity contribution in [2.75, 3.05) is 6.61 Å². The van der Waals surface area contributed by atoms with E-state index in [1.54, 1.807) is 0 Å². The molecule has 0 saturated carbocycles. The Morgan fingerprint density at radius 2 is 2.36 bits per heavy atom. The maximum absolute atomic E-state index is 9.41. The van der Waals surface area contributed by atoms with Crippen LogP contribution in [0.25, 0.3) is 0 Å². The maximum atomic E-state index is 9.41. The Hall–Kier alpha value is -0.120. The van der Waals surface area contributed by atoms with Crippen LogP contribution in [0.3, 0.4) is 0 Å². The average Bonchev–Trinajstić information content (AvgIpc) is 2.62. The van der Waals surface area contributed by atoms with Crippen LogP contribution in [-0.2, 0) is 9.47 Å². The molecule has 3 nitrogen and oxygen atoms in total. The average molecular weight is 156 g/mol. The van der Waals surface area contributed by atoms with E-state index in [2.05, 4.69) is 0 Å². The molecule has 3 heteroatoms. The molecule has 0 amide bonds. The molecule has 3 aliphatic heterocycles. The van der Waals surface area contributed by atoms with Gasteiger partial charge in [0.25, 0.3) is 0 Å². The minimum Gasteiger partial charge on any atom is -0.369 e. The van der Waals surface area contributed by atoms with Gasteiger partial charge in [-0.2, -0.15) is 0 Å². The summed E-state index contributed by atoms with van der Waals surface area (Å²) in [6.07, 6.45) is 3.10. The van der Waals surface area contributed by atoms with Crippen molar-refractivity contribution < 1.29 is 14.6 Å². The first-order valence-corrected chi connectivity index (χ1v) is 4.28. The molecule has 3 unspecified atom stereocenters. The van der Waals surface area contributed by atoms with Crippen molar-refractivity contribution in [3.63, 3.8) is 0 Å². The second-order valence-corrected chi connectivity index (χ2v) is 3.89. The van der Waals surface area contributed by atoms with Crippen molar-refractivity contribution >= 4 is 0 Å². The molecule has 3 heterocycles. The molecule has 11 heavy (non-hydrogen) atoms. The van der Waals surface area contributed by atoms with Gasteiger partial charge in [0.15, 0.2) is 6.29 Å². The van der Waals surface area contributed by atoms with E-state index in [-0.39, 0.29) is 11.5 Å². The van der Waals surface area contributed by atoms with Crippen LogP contribution in [0.5, 0.6) is 0 Å². The predicted octanol–water partition coefficient (Wildman–Crippen LogP) is 0.273. The van der Waals surface area contributed by atoms with Crippen molar-refractivity contribution in [1.82, 2.24) is 0 Å². The molecule has 3 rings (SSSR count). The fourth-order valence-corrected chi connectivity index (χ4v) is 2.72. The highest BCUT2D eigenvalue weighted by Gasteiger charge is 2.60. The summed E-state index contributed by atoms with van der Waals surface area (Å²) in [7, 11) is 0. The minimum atomic E-state index is -0.555. The number of aliphatic hydroxyl groups is 1. The van der Waals surface area contributed by atoms with E-state index in [0.29, 0.717) is 12.7 Å². The van der Waals surface area contributed by atoms with Crippen molar-refractivity contribution in [3.8, 4) is 0 Å². The van der Waals surface area contributed by atoms with Gasteiger partial charge in [0.05, 0.1) is 18.3 Å². The topological polar surface area (TPSA) is 38.7 Å². The first kappa shape index (κ1) is 6.40. The van der Waals surface area contributed by atoms with Gasteiger partial charge in [0.1, 0.15) is 0 Å². The highest BCUT2D eigenvalue weighted by atomic mass is 16.6. The van der Waals surface area contributed by atoms with Crippen LogP contribution in [0.2, 0.25) is 0 Å². The number of ether oxygens (including phenoxy) is 2. The van der Waals surface area contributed by atoms with Gasteiger partial charge in [-0.1, -0.05) is 0 Å². The van der Waals surface area contributed by atoms with Crippen LogP contribution in [-0.4, -0.2) is 29.7 Å². The van der Waals surface area contributed by atoms with E-state index in [9.17, 15) is 5.11 Å². The molecule has 3 saturated heterocycles. The van der Waals surface area contributed by atoms with Gasteiger partial charge in [-0.05, 0) is 19.3 Å². The Labute approximate surface area is 65.3 Å². The molecule has 3 aliphatic rings. The number of hydrogen-bond acceptors (Lipinski definition) is 3. The van der Waals surface area contributed by atoms with Gasteiger partial charge < -0.3 is 14.6 Å². The molecule has 0 aromatic carbocycles. The second-order valence-electron chi connectivity index (χ2n) is 3.89. The first-order chi connectivity index (χ1) is 5.30. The summed E-state index contributed by atoms with van der Waals surface area (Å²) in [6, 6.07) is 0. The summed E-state index contributed by atoms with van der Waals surface area (Å²) in [4.78, 5) is 0. The number of aliphatic hydroxyl groups excluding tert-OH is 1. The summed E-state index contributed by atoms with van der Waals surface area (Å²) in [5, 5.41) is 9.41. The van der Waals surface area contributed by atoms with E-state index in [4.69, 9.17) is 9.47 Å². The monoisotopic (exact) mass is 156 g/mol. The lowest BCUT2D eigenvalue weighted by molar-refractivity contribution is -0.0875. The van der Waals surface area contributed by atoms with E-state index < -0.39 is 6.29 Å². The third-order valence-electron chi connectivity index (χ3n) is 3.33. The van der Waals surface area contributed by atoms with Crippen molar-refractivity contribution in [3.05, 3.63) is 0 Å². The quantitative estimate of drug-likeness (QED) is 0.547. The Balaban J connectivity index is 1.96. The molecule has 0 radical (unpaired) electrons. The maximum Gasteiger partial charge on any atom is 0.160 e. The van der Waals surface area contributed by atoms with Crippen LogP contribution >= 0.6 is 0 Å². The van der Waals surface area contributed by atoms with Gasteiger partial charge in [-0.15, -0.1) is 0 Å². The van der Waals surface area contributed by atoms with Crippen molar-refractivity contribution in [2.45, 2.75) is 37.3 Å². The molecule has 62 valence electrons. The molecule has 1 spiro atoms. The van der Waals surface area contributed by atoms with Crippen LogP contribution in [0.1, 0.15) is 19.3 Å². The zero-order chi connectivity index (χ0) is 7.47. The van der Waals surface area contributed by atoms with Crippen LogP contribution in [0.4, 0.5) is 0 Å². The summed E-state index contributed by atoms with van der Waals surface area (Å²) in [6.45, 7) is 0.606. The van der Waals surface area contributed by atoms with Gasteiger partial charge in [0, 0.05) is 5.92 Å². The van der Waals surface area contributed by atoms with E-state index in [1.165, 1.54) is 0 Å². The molecule has 3 fully saturated rings. The standard InChI is InChI=1S/C8H12O3/c9-7-6-3-5-1-2-8(6,11-5)4-10-7/h5-7,9H,1-4H2/t5?,6?,7-,8?/m0/s1. The molecule has 2 bridgehead atoms. The van der Waals surface area contributed by atoms with Gasteiger partial charge in [0.2, 0.25) is 0 Å². The van der Waals surface area contributed by atoms with Gasteiger partial charge >= 0.3 is 0 Å².